The molecule has 0 aliphatic heterocycles. The number of rotatable bonds is 6. The molecule has 0 saturated heterocycles. The summed E-state index contributed by atoms with van der Waals surface area (Å²) in [4.78, 5) is 11.8. The average molecular weight is 338 g/mol. The van der Waals surface area contributed by atoms with Gasteiger partial charge in [-0.05, 0) is 26.0 Å². The average Bonchev–Trinajstić information content (AvgIpc) is 2.86. The lowest BCUT2D eigenvalue weighted by atomic mass is 10.1. The highest BCUT2D eigenvalue weighted by Crippen LogP contribution is 2.16. The minimum Gasteiger partial charge on any atom is -0.492 e. The summed E-state index contributed by atoms with van der Waals surface area (Å²) in [6.45, 7) is 4.10. The molecule has 0 spiro atoms. The second-order valence-electron chi connectivity index (χ2n) is 5.39. The van der Waals surface area contributed by atoms with Gasteiger partial charge < -0.3 is 15.4 Å². The number of urea groups is 1. The maximum atomic E-state index is 13.0. The van der Waals surface area contributed by atoms with Gasteiger partial charge in [0.2, 0.25) is 0 Å². The predicted octanol–water partition coefficient (Wildman–Crippen LogP) is 2.45. The second kappa shape index (κ2) is 7.76. The van der Waals surface area contributed by atoms with Crippen molar-refractivity contribution in [2.24, 2.45) is 7.05 Å². The third kappa shape index (κ3) is 4.68. The molecule has 24 heavy (non-hydrogen) atoms. The summed E-state index contributed by atoms with van der Waals surface area (Å²) in [5, 5.41) is 9.66. The number of amides is 2. The third-order valence-electron chi connectivity index (χ3n) is 3.41. The molecule has 0 fully saturated rings. The zero-order valence-electron chi connectivity index (χ0n) is 13.8. The molecule has 0 aliphatic carbocycles. The van der Waals surface area contributed by atoms with Crippen molar-refractivity contribution < 1.29 is 18.3 Å². The summed E-state index contributed by atoms with van der Waals surface area (Å²) in [5.41, 5.74) is 1.79. The molecule has 0 radical (unpaired) electrons. The minimum absolute atomic E-state index is 0.138. The topological polar surface area (TPSA) is 68.2 Å². The van der Waals surface area contributed by atoms with Crippen molar-refractivity contribution in [1.82, 2.24) is 20.4 Å². The molecule has 0 saturated carbocycles. The maximum Gasteiger partial charge on any atom is 0.315 e. The summed E-state index contributed by atoms with van der Waals surface area (Å²) in [6, 6.07) is 2.74. The molecule has 2 rings (SSSR count). The standard InChI is InChI=1S/C16H20F2N4O2/c1-10(13-9-22(3)21-11(13)2)20-16(23)19-6-7-24-12-4-5-14(17)15(18)8-12/h4-5,8-10H,6-7H2,1-3H3,(H2,19,20,23). The SMILES string of the molecule is Cc1nn(C)cc1C(C)NC(=O)NCCOc1ccc(F)c(F)c1. The van der Waals surface area contributed by atoms with Gasteiger partial charge in [-0.2, -0.15) is 5.10 Å². The number of halogens is 2. The van der Waals surface area contributed by atoms with Crippen LogP contribution in [0.4, 0.5) is 13.6 Å². The van der Waals surface area contributed by atoms with Crippen molar-refractivity contribution in [1.29, 1.82) is 0 Å². The number of carbonyl (C=O) groups excluding carboxylic acids is 1. The number of hydrogen-bond acceptors (Lipinski definition) is 3. The molecular formula is C16H20F2N4O2. The van der Waals surface area contributed by atoms with E-state index in [4.69, 9.17) is 4.74 Å². The van der Waals surface area contributed by atoms with Gasteiger partial charge >= 0.3 is 6.03 Å². The van der Waals surface area contributed by atoms with Crippen LogP contribution in [0.25, 0.3) is 0 Å². The molecule has 2 aromatic rings. The van der Waals surface area contributed by atoms with Crippen molar-refractivity contribution in [3.05, 3.63) is 47.3 Å². The van der Waals surface area contributed by atoms with E-state index in [1.807, 2.05) is 27.1 Å². The largest absolute Gasteiger partial charge is 0.492 e. The molecule has 1 unspecified atom stereocenters. The maximum absolute atomic E-state index is 13.0. The monoisotopic (exact) mass is 338 g/mol. The number of benzene rings is 1. The van der Waals surface area contributed by atoms with Gasteiger partial charge in [-0.25, -0.2) is 13.6 Å². The molecule has 2 N–H and O–H groups in total. The van der Waals surface area contributed by atoms with Crippen LogP contribution in [0.15, 0.2) is 24.4 Å². The molecule has 0 aliphatic rings. The Labute approximate surface area is 138 Å². The van der Waals surface area contributed by atoms with Crippen LogP contribution in [-0.2, 0) is 7.05 Å². The van der Waals surface area contributed by atoms with Crippen molar-refractivity contribution in [3.8, 4) is 5.75 Å². The first-order chi connectivity index (χ1) is 11.4. The van der Waals surface area contributed by atoms with Crippen molar-refractivity contribution in [2.75, 3.05) is 13.2 Å². The Morgan fingerprint density at radius 1 is 1.38 bits per heavy atom. The van der Waals surface area contributed by atoms with Gasteiger partial charge in [0.05, 0.1) is 18.3 Å². The summed E-state index contributed by atoms with van der Waals surface area (Å²) in [7, 11) is 1.82. The molecule has 1 aromatic carbocycles. The van der Waals surface area contributed by atoms with E-state index in [0.29, 0.717) is 0 Å². The summed E-state index contributed by atoms with van der Waals surface area (Å²) < 4.78 is 32.7. The Morgan fingerprint density at radius 3 is 2.75 bits per heavy atom. The summed E-state index contributed by atoms with van der Waals surface area (Å²) in [6.07, 6.45) is 1.85. The number of ether oxygens (including phenoxy) is 1. The Hall–Kier alpha value is -2.64. The number of nitrogens with zero attached hydrogens (tertiary/aromatic N) is 2. The van der Waals surface area contributed by atoms with Crippen LogP contribution in [-0.4, -0.2) is 29.0 Å². The van der Waals surface area contributed by atoms with Crippen molar-refractivity contribution in [3.63, 3.8) is 0 Å². The van der Waals surface area contributed by atoms with E-state index in [0.717, 1.165) is 23.4 Å². The van der Waals surface area contributed by atoms with Crippen LogP contribution >= 0.6 is 0 Å². The molecule has 1 aromatic heterocycles. The van der Waals surface area contributed by atoms with Gasteiger partial charge in [0.1, 0.15) is 12.4 Å². The smallest absolute Gasteiger partial charge is 0.315 e. The first-order valence-electron chi connectivity index (χ1n) is 7.49. The molecule has 0 bridgehead atoms. The minimum atomic E-state index is -0.973. The van der Waals surface area contributed by atoms with Crippen LogP contribution in [0.2, 0.25) is 0 Å². The fourth-order valence-corrected chi connectivity index (χ4v) is 2.27. The number of hydrogen-bond donors (Lipinski definition) is 2. The zero-order valence-corrected chi connectivity index (χ0v) is 13.8. The number of aromatic nitrogens is 2. The summed E-state index contributed by atoms with van der Waals surface area (Å²) in [5.74, 6) is -1.70. The number of aryl methyl sites for hydroxylation is 2. The fourth-order valence-electron chi connectivity index (χ4n) is 2.27. The van der Waals surface area contributed by atoms with Crippen LogP contribution < -0.4 is 15.4 Å². The molecule has 6 nitrogen and oxygen atoms in total. The highest BCUT2D eigenvalue weighted by molar-refractivity contribution is 5.74. The Kier molecular flexibility index (Phi) is 5.73. The van der Waals surface area contributed by atoms with Crippen LogP contribution in [0.3, 0.4) is 0 Å². The molecule has 130 valence electrons. The van der Waals surface area contributed by atoms with E-state index in [1.54, 1.807) is 4.68 Å². The molecule has 2 amide bonds. The Balaban J connectivity index is 1.73. The second-order valence-corrected chi connectivity index (χ2v) is 5.39. The van der Waals surface area contributed by atoms with Gasteiger partial charge in [0, 0.05) is 24.9 Å². The predicted molar refractivity (Wildman–Crippen MR) is 84.7 cm³/mol. The Bertz CT molecular complexity index is 718. The first kappa shape index (κ1) is 17.7. The first-order valence-corrected chi connectivity index (χ1v) is 7.49. The lowest BCUT2D eigenvalue weighted by Crippen LogP contribution is -2.39. The van der Waals surface area contributed by atoms with E-state index in [2.05, 4.69) is 15.7 Å². The van der Waals surface area contributed by atoms with Crippen LogP contribution in [0.5, 0.6) is 5.75 Å². The lowest BCUT2D eigenvalue weighted by Gasteiger charge is -2.14. The molecule has 8 heteroatoms. The lowest BCUT2D eigenvalue weighted by molar-refractivity contribution is 0.233. The summed E-state index contributed by atoms with van der Waals surface area (Å²) >= 11 is 0. The number of nitrogens with one attached hydrogen (secondary N) is 2. The van der Waals surface area contributed by atoms with Crippen molar-refractivity contribution >= 4 is 6.03 Å². The van der Waals surface area contributed by atoms with E-state index in [-0.39, 0.29) is 31.0 Å². The van der Waals surface area contributed by atoms with E-state index in [1.165, 1.54) is 6.07 Å². The van der Waals surface area contributed by atoms with E-state index < -0.39 is 11.6 Å². The fraction of sp³-hybridized carbons (Fsp3) is 0.375. The van der Waals surface area contributed by atoms with Crippen molar-refractivity contribution in [2.45, 2.75) is 19.9 Å². The van der Waals surface area contributed by atoms with Gasteiger partial charge in [-0.15, -0.1) is 0 Å². The zero-order chi connectivity index (χ0) is 17.7. The normalized spacial score (nSPS) is 11.9. The highest BCUT2D eigenvalue weighted by atomic mass is 19.2. The van der Waals surface area contributed by atoms with Crippen LogP contribution in [0.1, 0.15) is 24.2 Å². The van der Waals surface area contributed by atoms with Gasteiger partial charge in [0.25, 0.3) is 0 Å². The molecule has 1 heterocycles. The Morgan fingerprint density at radius 2 is 2.12 bits per heavy atom. The third-order valence-corrected chi connectivity index (χ3v) is 3.41. The van der Waals surface area contributed by atoms with Gasteiger partial charge in [-0.1, -0.05) is 0 Å². The van der Waals surface area contributed by atoms with E-state index in [9.17, 15) is 13.6 Å². The van der Waals surface area contributed by atoms with Gasteiger partial charge in [-0.3, -0.25) is 4.68 Å². The quantitative estimate of drug-likeness (QED) is 0.795. The van der Waals surface area contributed by atoms with E-state index >= 15 is 0 Å². The van der Waals surface area contributed by atoms with Gasteiger partial charge in [0.15, 0.2) is 11.6 Å². The molecule has 1 atom stereocenters. The highest BCUT2D eigenvalue weighted by Gasteiger charge is 2.14. The van der Waals surface area contributed by atoms with Crippen LogP contribution in [0, 0.1) is 18.6 Å². The number of carbonyl (C=O) groups is 1. The molecular weight excluding hydrogens is 318 g/mol.